The Bertz CT molecular complexity index is 365. The van der Waals surface area contributed by atoms with Crippen LogP contribution in [0.2, 0.25) is 0 Å². The van der Waals surface area contributed by atoms with Crippen LogP contribution in [-0.2, 0) is 9.59 Å². The molecule has 5 nitrogen and oxygen atoms in total. The monoisotopic (exact) mass is 349 g/mol. The highest BCUT2D eigenvalue weighted by atomic mass is 35.5. The van der Waals surface area contributed by atoms with Gasteiger partial charge in [-0.15, -0.1) is 24.2 Å². The predicted molar refractivity (Wildman–Crippen MR) is 93.3 cm³/mol. The van der Waals surface area contributed by atoms with Crippen molar-refractivity contribution in [1.82, 2.24) is 15.5 Å². The minimum Gasteiger partial charge on any atom is -0.354 e. The van der Waals surface area contributed by atoms with Gasteiger partial charge in [-0.1, -0.05) is 6.92 Å². The molecule has 2 amide bonds. The fourth-order valence-corrected chi connectivity index (χ4v) is 4.13. The summed E-state index contributed by atoms with van der Waals surface area (Å²) >= 11 is 1.67. The Balaban J connectivity index is 0.00000242. The predicted octanol–water partition coefficient (Wildman–Crippen LogP) is 1.62. The second kappa shape index (κ2) is 10.3. The van der Waals surface area contributed by atoms with E-state index in [1.807, 2.05) is 6.92 Å². The van der Waals surface area contributed by atoms with Crippen LogP contribution in [-0.4, -0.2) is 54.0 Å². The highest BCUT2D eigenvalue weighted by Crippen LogP contribution is 2.22. The Hall–Kier alpha value is -0.460. The van der Waals surface area contributed by atoms with Gasteiger partial charge in [0.1, 0.15) is 6.04 Å². The number of hydrogen-bond acceptors (Lipinski definition) is 4. The van der Waals surface area contributed by atoms with Crippen LogP contribution >= 0.6 is 24.2 Å². The summed E-state index contributed by atoms with van der Waals surface area (Å²) in [5, 5.41) is 6.42. The van der Waals surface area contributed by atoms with Crippen LogP contribution in [0, 0.1) is 5.92 Å². The van der Waals surface area contributed by atoms with Gasteiger partial charge in [-0.05, 0) is 44.7 Å². The third kappa shape index (κ3) is 5.63. The summed E-state index contributed by atoms with van der Waals surface area (Å²) in [6, 6.07) is -0.265. The van der Waals surface area contributed by atoms with Crippen molar-refractivity contribution < 1.29 is 9.59 Å². The number of rotatable bonds is 6. The molecule has 0 aromatic heterocycles. The smallest absolute Gasteiger partial charge is 0.243 e. The summed E-state index contributed by atoms with van der Waals surface area (Å²) in [7, 11) is 0. The molecule has 2 aliphatic rings. The topological polar surface area (TPSA) is 61.4 Å². The van der Waals surface area contributed by atoms with Crippen molar-refractivity contribution in [1.29, 1.82) is 0 Å². The lowest BCUT2D eigenvalue weighted by molar-refractivity contribution is -0.138. The minimum absolute atomic E-state index is 0. The fraction of sp³-hybridized carbons (Fsp3) is 0.867. The molecule has 0 aliphatic carbocycles. The zero-order valence-corrected chi connectivity index (χ0v) is 14.9. The van der Waals surface area contributed by atoms with Gasteiger partial charge in [0.15, 0.2) is 0 Å². The van der Waals surface area contributed by atoms with E-state index in [1.165, 1.54) is 12.8 Å². The molecule has 2 N–H and O–H groups in total. The van der Waals surface area contributed by atoms with E-state index in [0.29, 0.717) is 18.2 Å². The molecule has 0 aromatic carbocycles. The molecule has 2 saturated heterocycles. The second-order valence-electron chi connectivity index (χ2n) is 5.92. The SMILES string of the molecule is CCCC(=O)N1CSCC1C(=O)NCCC1CCCNC1.Cl. The first-order valence-corrected chi connectivity index (χ1v) is 9.23. The Kier molecular flexibility index (Phi) is 9.21. The van der Waals surface area contributed by atoms with E-state index >= 15 is 0 Å². The number of nitrogens with zero attached hydrogens (tertiary/aromatic N) is 1. The van der Waals surface area contributed by atoms with E-state index in [1.54, 1.807) is 16.7 Å². The van der Waals surface area contributed by atoms with E-state index in [4.69, 9.17) is 0 Å². The lowest BCUT2D eigenvalue weighted by Gasteiger charge is -2.25. The Morgan fingerprint density at radius 1 is 1.41 bits per heavy atom. The number of nitrogens with one attached hydrogen (secondary N) is 2. The van der Waals surface area contributed by atoms with Crippen molar-refractivity contribution >= 4 is 36.0 Å². The molecule has 0 radical (unpaired) electrons. The molecule has 0 spiro atoms. The first-order chi connectivity index (χ1) is 10.2. The van der Waals surface area contributed by atoms with E-state index in [0.717, 1.165) is 38.2 Å². The summed E-state index contributed by atoms with van der Waals surface area (Å²) in [4.78, 5) is 26.0. The number of hydrogen-bond donors (Lipinski definition) is 2. The normalized spacial score (nSPS) is 24.7. The third-order valence-corrected chi connectivity index (χ3v) is 5.23. The largest absolute Gasteiger partial charge is 0.354 e. The molecule has 2 fully saturated rings. The summed E-state index contributed by atoms with van der Waals surface area (Å²) in [6.45, 7) is 4.91. The molecule has 2 aliphatic heterocycles. The molecular weight excluding hydrogens is 322 g/mol. The maximum atomic E-state index is 12.3. The fourth-order valence-electron chi connectivity index (χ4n) is 2.95. The van der Waals surface area contributed by atoms with E-state index < -0.39 is 0 Å². The minimum atomic E-state index is -0.265. The maximum absolute atomic E-state index is 12.3. The summed E-state index contributed by atoms with van der Waals surface area (Å²) in [5.74, 6) is 2.19. The maximum Gasteiger partial charge on any atom is 0.243 e. The molecule has 0 bridgehead atoms. The van der Waals surface area contributed by atoms with Gasteiger partial charge >= 0.3 is 0 Å². The molecule has 22 heavy (non-hydrogen) atoms. The zero-order chi connectivity index (χ0) is 15.1. The van der Waals surface area contributed by atoms with E-state index in [2.05, 4.69) is 10.6 Å². The van der Waals surface area contributed by atoms with Crippen molar-refractivity contribution in [2.45, 2.75) is 45.1 Å². The number of carbonyl (C=O) groups is 2. The van der Waals surface area contributed by atoms with Crippen LogP contribution in [0.5, 0.6) is 0 Å². The number of thioether (sulfide) groups is 1. The van der Waals surface area contributed by atoms with Crippen molar-refractivity contribution in [3.63, 3.8) is 0 Å². The standard InChI is InChI=1S/C15H27N3O2S.ClH/c1-2-4-14(19)18-11-21-10-13(18)15(20)17-8-6-12-5-3-7-16-9-12;/h12-13,16H,2-11H2,1H3,(H,17,20);1H. The number of piperidine rings is 1. The average molecular weight is 350 g/mol. The number of amides is 2. The quantitative estimate of drug-likeness (QED) is 0.765. The van der Waals surface area contributed by atoms with Gasteiger partial charge in [0.25, 0.3) is 0 Å². The number of carbonyl (C=O) groups excluding carboxylic acids is 2. The molecule has 7 heteroatoms. The molecule has 0 saturated carbocycles. The Morgan fingerprint density at radius 3 is 2.91 bits per heavy atom. The van der Waals surface area contributed by atoms with Crippen molar-refractivity contribution in [3.8, 4) is 0 Å². The summed E-state index contributed by atoms with van der Waals surface area (Å²) in [6.07, 6.45) is 4.89. The first-order valence-electron chi connectivity index (χ1n) is 8.08. The van der Waals surface area contributed by atoms with Crippen LogP contribution in [0.15, 0.2) is 0 Å². The van der Waals surface area contributed by atoms with Gasteiger partial charge in [-0.2, -0.15) is 0 Å². The van der Waals surface area contributed by atoms with Gasteiger partial charge in [0.05, 0.1) is 5.88 Å². The van der Waals surface area contributed by atoms with Gasteiger partial charge < -0.3 is 15.5 Å². The van der Waals surface area contributed by atoms with Gasteiger partial charge in [-0.3, -0.25) is 9.59 Å². The van der Waals surface area contributed by atoms with Crippen LogP contribution in [0.4, 0.5) is 0 Å². The first kappa shape index (κ1) is 19.6. The zero-order valence-electron chi connectivity index (χ0n) is 13.3. The van der Waals surface area contributed by atoms with Gasteiger partial charge in [0.2, 0.25) is 11.8 Å². The average Bonchev–Trinajstić information content (AvgIpc) is 2.98. The lowest BCUT2D eigenvalue weighted by atomic mass is 9.96. The van der Waals surface area contributed by atoms with E-state index in [9.17, 15) is 9.59 Å². The van der Waals surface area contributed by atoms with Crippen molar-refractivity contribution in [3.05, 3.63) is 0 Å². The van der Waals surface area contributed by atoms with E-state index in [-0.39, 0.29) is 30.3 Å². The Labute approximate surface area is 143 Å². The summed E-state index contributed by atoms with van der Waals surface area (Å²) in [5.41, 5.74) is 0. The third-order valence-electron chi connectivity index (χ3n) is 4.22. The molecule has 2 atom stereocenters. The second-order valence-corrected chi connectivity index (χ2v) is 6.92. The Morgan fingerprint density at radius 2 is 2.23 bits per heavy atom. The number of halogens is 1. The van der Waals surface area contributed by atoms with Crippen LogP contribution < -0.4 is 10.6 Å². The van der Waals surface area contributed by atoms with Crippen LogP contribution in [0.1, 0.15) is 39.0 Å². The van der Waals surface area contributed by atoms with Crippen molar-refractivity contribution in [2.75, 3.05) is 31.3 Å². The molecule has 128 valence electrons. The van der Waals surface area contributed by atoms with Crippen LogP contribution in [0.3, 0.4) is 0 Å². The highest BCUT2D eigenvalue weighted by Gasteiger charge is 2.33. The lowest BCUT2D eigenvalue weighted by Crippen LogP contribution is -2.47. The van der Waals surface area contributed by atoms with Gasteiger partial charge in [0, 0.05) is 18.7 Å². The molecule has 2 unspecified atom stereocenters. The van der Waals surface area contributed by atoms with Crippen LogP contribution in [0.25, 0.3) is 0 Å². The van der Waals surface area contributed by atoms with Crippen molar-refractivity contribution in [2.24, 2.45) is 5.92 Å². The molecule has 0 aromatic rings. The molecular formula is C15H28ClN3O2S. The molecule has 2 rings (SSSR count). The summed E-state index contributed by atoms with van der Waals surface area (Å²) < 4.78 is 0. The molecule has 2 heterocycles. The van der Waals surface area contributed by atoms with Gasteiger partial charge in [-0.25, -0.2) is 0 Å². The highest BCUT2D eigenvalue weighted by molar-refractivity contribution is 7.99.